The third kappa shape index (κ3) is 3.45. The van der Waals surface area contributed by atoms with Crippen molar-refractivity contribution < 1.29 is 14.7 Å². The van der Waals surface area contributed by atoms with Crippen LogP contribution in [0.3, 0.4) is 0 Å². The monoisotopic (exact) mass is 328 g/mol. The fraction of sp³-hybridized carbons (Fsp3) is 0.412. The summed E-state index contributed by atoms with van der Waals surface area (Å²) in [5, 5.41) is 13.0. The molecule has 24 heavy (non-hydrogen) atoms. The van der Waals surface area contributed by atoms with E-state index in [4.69, 9.17) is 5.11 Å². The summed E-state index contributed by atoms with van der Waals surface area (Å²) >= 11 is 0. The number of likely N-dealkylation sites (tertiary alicyclic amines) is 1. The molecule has 1 aliphatic rings. The van der Waals surface area contributed by atoms with E-state index in [0.29, 0.717) is 18.7 Å². The van der Waals surface area contributed by atoms with Crippen molar-refractivity contribution in [2.45, 2.75) is 26.2 Å². The lowest BCUT2D eigenvalue weighted by molar-refractivity contribution is -0.138. The Morgan fingerprint density at radius 1 is 1.29 bits per heavy atom. The van der Waals surface area contributed by atoms with Gasteiger partial charge in [-0.15, -0.1) is 0 Å². The first-order chi connectivity index (χ1) is 11.5. The van der Waals surface area contributed by atoms with Crippen molar-refractivity contribution in [1.82, 2.24) is 19.7 Å². The molecule has 0 spiro atoms. The maximum Gasteiger partial charge on any atom is 0.303 e. The first-order valence-corrected chi connectivity index (χ1v) is 8.01. The molecule has 7 heteroatoms. The van der Waals surface area contributed by atoms with Gasteiger partial charge in [-0.2, -0.15) is 5.10 Å². The van der Waals surface area contributed by atoms with Crippen LogP contribution < -0.4 is 0 Å². The Balaban J connectivity index is 1.68. The normalized spacial score (nSPS) is 15.5. The van der Waals surface area contributed by atoms with Gasteiger partial charge in [-0.1, -0.05) is 0 Å². The van der Waals surface area contributed by atoms with Crippen molar-refractivity contribution in [1.29, 1.82) is 0 Å². The molecule has 0 radical (unpaired) electrons. The van der Waals surface area contributed by atoms with Gasteiger partial charge in [0.1, 0.15) is 12.7 Å². The number of hydrogen-bond acceptors (Lipinski definition) is 4. The van der Waals surface area contributed by atoms with Crippen LogP contribution in [0.1, 0.15) is 35.2 Å². The number of carboxylic acid groups (broad SMARTS) is 1. The Hall–Kier alpha value is -2.70. The second kappa shape index (κ2) is 6.82. The predicted molar refractivity (Wildman–Crippen MR) is 87.0 cm³/mol. The lowest BCUT2D eigenvalue weighted by Gasteiger charge is -2.31. The number of carboxylic acids is 1. The first kappa shape index (κ1) is 16.2. The van der Waals surface area contributed by atoms with Crippen molar-refractivity contribution in [3.05, 3.63) is 42.0 Å². The Kier molecular flexibility index (Phi) is 4.59. The van der Waals surface area contributed by atoms with Gasteiger partial charge in [-0.25, -0.2) is 9.67 Å². The number of aryl methyl sites for hydroxylation is 1. The standard InChI is InChI=1S/C17H20N4O3/c1-12-8-14(21-11-18-10-19-21)2-3-15(12)17(24)20-6-4-13(5-7-20)9-16(22)23/h2-3,8,10-11,13H,4-7,9H2,1H3,(H,22,23). The van der Waals surface area contributed by atoms with Crippen LogP contribution in [0.15, 0.2) is 30.9 Å². The summed E-state index contributed by atoms with van der Waals surface area (Å²) in [6, 6.07) is 5.59. The number of carbonyl (C=O) groups excluding carboxylic acids is 1. The first-order valence-electron chi connectivity index (χ1n) is 8.01. The quantitative estimate of drug-likeness (QED) is 0.926. The molecule has 1 amide bonds. The van der Waals surface area contributed by atoms with Crippen LogP contribution in [0.2, 0.25) is 0 Å². The summed E-state index contributed by atoms with van der Waals surface area (Å²) in [5.74, 6) is -0.590. The van der Waals surface area contributed by atoms with Gasteiger partial charge in [0.25, 0.3) is 5.91 Å². The van der Waals surface area contributed by atoms with E-state index < -0.39 is 5.97 Å². The average molecular weight is 328 g/mol. The number of aliphatic carboxylic acids is 1. The summed E-state index contributed by atoms with van der Waals surface area (Å²) in [6.07, 6.45) is 4.76. The molecule has 1 fully saturated rings. The van der Waals surface area contributed by atoms with Crippen molar-refractivity contribution in [2.75, 3.05) is 13.1 Å². The van der Waals surface area contributed by atoms with Crippen LogP contribution in [-0.4, -0.2) is 49.7 Å². The van der Waals surface area contributed by atoms with E-state index in [2.05, 4.69) is 10.1 Å². The Morgan fingerprint density at radius 3 is 2.62 bits per heavy atom. The molecule has 3 rings (SSSR count). The number of hydrogen-bond donors (Lipinski definition) is 1. The number of rotatable bonds is 4. The minimum atomic E-state index is -0.765. The van der Waals surface area contributed by atoms with E-state index in [-0.39, 0.29) is 18.2 Å². The molecule has 0 atom stereocenters. The topological polar surface area (TPSA) is 88.3 Å². The van der Waals surface area contributed by atoms with Gasteiger partial charge in [-0.3, -0.25) is 9.59 Å². The number of piperidine rings is 1. The maximum absolute atomic E-state index is 12.7. The minimum Gasteiger partial charge on any atom is -0.481 e. The SMILES string of the molecule is Cc1cc(-n2cncn2)ccc1C(=O)N1CCC(CC(=O)O)CC1. The van der Waals surface area contributed by atoms with Crippen LogP contribution >= 0.6 is 0 Å². The molecule has 0 unspecified atom stereocenters. The minimum absolute atomic E-state index is 0.00594. The molecule has 126 valence electrons. The van der Waals surface area contributed by atoms with Crippen molar-refractivity contribution >= 4 is 11.9 Å². The lowest BCUT2D eigenvalue weighted by atomic mass is 9.93. The van der Waals surface area contributed by atoms with Gasteiger partial charge in [0.2, 0.25) is 0 Å². The van der Waals surface area contributed by atoms with Crippen molar-refractivity contribution in [3.63, 3.8) is 0 Å². The molecule has 1 aromatic heterocycles. The zero-order valence-electron chi connectivity index (χ0n) is 13.6. The summed E-state index contributed by atoms with van der Waals surface area (Å²) in [5.41, 5.74) is 2.43. The summed E-state index contributed by atoms with van der Waals surface area (Å²) in [7, 11) is 0. The van der Waals surface area contributed by atoms with E-state index in [1.165, 1.54) is 6.33 Å². The van der Waals surface area contributed by atoms with Gasteiger partial charge in [0.05, 0.1) is 5.69 Å². The molecule has 2 aromatic rings. The fourth-order valence-corrected chi connectivity index (χ4v) is 3.13. The number of benzene rings is 1. The second-order valence-corrected chi connectivity index (χ2v) is 6.17. The highest BCUT2D eigenvalue weighted by Crippen LogP contribution is 2.23. The zero-order chi connectivity index (χ0) is 17.1. The summed E-state index contributed by atoms with van der Waals surface area (Å²) < 4.78 is 1.65. The van der Waals surface area contributed by atoms with Gasteiger partial charge in [0, 0.05) is 25.1 Å². The molecule has 0 aliphatic carbocycles. The van der Waals surface area contributed by atoms with E-state index >= 15 is 0 Å². The smallest absolute Gasteiger partial charge is 0.303 e. The average Bonchev–Trinajstić information content (AvgIpc) is 3.09. The highest BCUT2D eigenvalue weighted by Gasteiger charge is 2.25. The van der Waals surface area contributed by atoms with Gasteiger partial charge >= 0.3 is 5.97 Å². The fourth-order valence-electron chi connectivity index (χ4n) is 3.13. The Labute approximate surface area is 139 Å². The molecule has 0 saturated carbocycles. The molecule has 7 nitrogen and oxygen atoms in total. The Morgan fingerprint density at radius 2 is 2.04 bits per heavy atom. The van der Waals surface area contributed by atoms with Crippen LogP contribution in [0.5, 0.6) is 0 Å². The third-order valence-electron chi connectivity index (χ3n) is 4.49. The highest BCUT2D eigenvalue weighted by atomic mass is 16.4. The molecular formula is C17H20N4O3. The summed E-state index contributed by atoms with van der Waals surface area (Å²) in [6.45, 7) is 3.13. The molecule has 1 aliphatic heterocycles. The molecule has 2 heterocycles. The zero-order valence-corrected chi connectivity index (χ0v) is 13.6. The molecule has 0 bridgehead atoms. The van der Waals surface area contributed by atoms with Crippen LogP contribution in [-0.2, 0) is 4.79 Å². The van der Waals surface area contributed by atoms with Gasteiger partial charge in [0.15, 0.2) is 0 Å². The predicted octanol–water partition coefficient (Wildman–Crippen LogP) is 1.90. The number of nitrogens with zero attached hydrogens (tertiary/aromatic N) is 4. The Bertz CT molecular complexity index is 734. The number of amides is 1. The lowest BCUT2D eigenvalue weighted by Crippen LogP contribution is -2.39. The summed E-state index contributed by atoms with van der Waals surface area (Å²) in [4.78, 5) is 29.2. The molecular weight excluding hydrogens is 308 g/mol. The second-order valence-electron chi connectivity index (χ2n) is 6.17. The van der Waals surface area contributed by atoms with E-state index in [1.54, 1.807) is 11.0 Å². The van der Waals surface area contributed by atoms with Crippen molar-refractivity contribution in [2.24, 2.45) is 5.92 Å². The maximum atomic E-state index is 12.7. The molecule has 1 saturated heterocycles. The van der Waals surface area contributed by atoms with Crippen LogP contribution in [0.25, 0.3) is 5.69 Å². The largest absolute Gasteiger partial charge is 0.481 e. The van der Waals surface area contributed by atoms with Crippen LogP contribution in [0, 0.1) is 12.8 Å². The van der Waals surface area contributed by atoms with E-state index in [9.17, 15) is 9.59 Å². The number of carbonyl (C=O) groups is 2. The van der Waals surface area contributed by atoms with Crippen molar-refractivity contribution in [3.8, 4) is 5.69 Å². The number of aromatic nitrogens is 3. The van der Waals surface area contributed by atoms with Gasteiger partial charge < -0.3 is 10.0 Å². The van der Waals surface area contributed by atoms with Crippen LogP contribution in [0.4, 0.5) is 0 Å². The van der Waals surface area contributed by atoms with Gasteiger partial charge in [-0.05, 0) is 49.4 Å². The third-order valence-corrected chi connectivity index (χ3v) is 4.49. The highest BCUT2D eigenvalue weighted by molar-refractivity contribution is 5.96. The van der Waals surface area contributed by atoms with E-state index in [0.717, 1.165) is 24.1 Å². The molecule has 1 N–H and O–H groups in total. The molecule has 1 aromatic carbocycles. The van der Waals surface area contributed by atoms with E-state index in [1.807, 2.05) is 30.0 Å².